The van der Waals surface area contributed by atoms with Gasteiger partial charge < -0.3 is 24.4 Å². The second-order valence-corrected chi connectivity index (χ2v) is 11.1. The van der Waals surface area contributed by atoms with E-state index in [9.17, 15) is 9.59 Å². The monoisotopic (exact) mass is 458 g/mol. The van der Waals surface area contributed by atoms with Crippen molar-refractivity contribution in [3.63, 3.8) is 0 Å². The van der Waals surface area contributed by atoms with Crippen LogP contribution in [-0.4, -0.2) is 53.3 Å². The lowest BCUT2D eigenvalue weighted by Crippen LogP contribution is -2.58. The van der Waals surface area contributed by atoms with Crippen molar-refractivity contribution < 1.29 is 23.8 Å². The Morgan fingerprint density at radius 1 is 1.27 bits per heavy atom. The van der Waals surface area contributed by atoms with Gasteiger partial charge in [0.15, 0.2) is 0 Å². The third kappa shape index (κ3) is 4.98. The standard InChI is InChI=1S/C26H38N2O5/c1-7-19(27-24(30)33-25(2,3)4)23(29)28-13-12-20-16(15-28)14-18-22(31-20)17-10-8-9-11-21(17)32-26(18,5)6/h8-11,16,18-20,22H,7,12-15H2,1-6H3,(H,27,30)/t16-,18+,19+,20+,22-/m0/s1. The molecule has 0 saturated carbocycles. The van der Waals surface area contributed by atoms with Crippen LogP contribution in [-0.2, 0) is 14.3 Å². The van der Waals surface area contributed by atoms with Crippen molar-refractivity contribution in [2.24, 2.45) is 11.8 Å². The molecule has 33 heavy (non-hydrogen) atoms. The number of nitrogens with one attached hydrogen (secondary N) is 1. The van der Waals surface area contributed by atoms with Crippen LogP contribution >= 0.6 is 0 Å². The predicted molar refractivity (Wildman–Crippen MR) is 125 cm³/mol. The molecule has 3 aliphatic rings. The average Bonchev–Trinajstić information content (AvgIpc) is 2.74. The van der Waals surface area contributed by atoms with Crippen LogP contribution in [0.4, 0.5) is 4.79 Å². The minimum Gasteiger partial charge on any atom is -0.487 e. The van der Waals surface area contributed by atoms with Crippen molar-refractivity contribution in [3.05, 3.63) is 29.8 Å². The number of para-hydroxylation sites is 1. The Hall–Kier alpha value is -2.28. The van der Waals surface area contributed by atoms with E-state index in [0.717, 1.165) is 24.2 Å². The highest BCUT2D eigenvalue weighted by Crippen LogP contribution is 2.52. The molecule has 0 aliphatic carbocycles. The van der Waals surface area contributed by atoms with E-state index >= 15 is 0 Å². The van der Waals surface area contributed by atoms with E-state index < -0.39 is 17.7 Å². The molecule has 2 fully saturated rings. The second-order valence-electron chi connectivity index (χ2n) is 11.1. The van der Waals surface area contributed by atoms with Gasteiger partial charge in [0.1, 0.15) is 23.0 Å². The van der Waals surface area contributed by atoms with Gasteiger partial charge in [-0.3, -0.25) is 4.79 Å². The van der Waals surface area contributed by atoms with Gasteiger partial charge in [-0.1, -0.05) is 25.1 Å². The number of likely N-dealkylation sites (tertiary alicyclic amines) is 1. The highest BCUT2D eigenvalue weighted by molar-refractivity contribution is 5.85. The fraction of sp³-hybridized carbons (Fsp3) is 0.692. The van der Waals surface area contributed by atoms with Gasteiger partial charge in [-0.05, 0) is 59.9 Å². The Balaban J connectivity index is 1.44. The number of benzene rings is 1. The fourth-order valence-electron chi connectivity index (χ4n) is 5.46. The normalized spacial score (nSPS) is 29.0. The first-order valence-corrected chi connectivity index (χ1v) is 12.2. The van der Waals surface area contributed by atoms with Crippen molar-refractivity contribution in [1.82, 2.24) is 10.2 Å². The van der Waals surface area contributed by atoms with Crippen LogP contribution in [0.15, 0.2) is 24.3 Å². The lowest BCUT2D eigenvalue weighted by Gasteiger charge is -2.53. The van der Waals surface area contributed by atoms with Gasteiger partial charge in [-0.15, -0.1) is 0 Å². The zero-order valence-corrected chi connectivity index (χ0v) is 20.7. The van der Waals surface area contributed by atoms with Crippen LogP contribution in [0.2, 0.25) is 0 Å². The zero-order valence-electron chi connectivity index (χ0n) is 20.7. The number of ether oxygens (including phenoxy) is 3. The molecule has 5 atom stereocenters. The van der Waals surface area contributed by atoms with Crippen LogP contribution in [0, 0.1) is 11.8 Å². The van der Waals surface area contributed by atoms with Crippen molar-refractivity contribution >= 4 is 12.0 Å². The molecule has 2 saturated heterocycles. The fourth-order valence-corrected chi connectivity index (χ4v) is 5.46. The molecule has 0 aromatic heterocycles. The van der Waals surface area contributed by atoms with Crippen LogP contribution in [0.3, 0.4) is 0 Å². The number of alkyl carbamates (subject to hydrolysis) is 1. The first-order valence-electron chi connectivity index (χ1n) is 12.2. The molecule has 1 N–H and O–H groups in total. The van der Waals surface area contributed by atoms with Crippen molar-refractivity contribution in [3.8, 4) is 5.75 Å². The number of nitrogens with zero attached hydrogens (tertiary/aromatic N) is 1. The van der Waals surface area contributed by atoms with Crippen LogP contribution < -0.4 is 10.1 Å². The molecule has 1 aromatic carbocycles. The summed E-state index contributed by atoms with van der Waals surface area (Å²) in [5.74, 6) is 1.32. The maximum atomic E-state index is 13.3. The van der Waals surface area contributed by atoms with Gasteiger partial charge in [0.05, 0.1) is 12.2 Å². The predicted octanol–water partition coefficient (Wildman–Crippen LogP) is 4.46. The van der Waals surface area contributed by atoms with Crippen molar-refractivity contribution in [2.45, 2.75) is 90.3 Å². The number of rotatable bonds is 3. The summed E-state index contributed by atoms with van der Waals surface area (Å²) in [5.41, 5.74) is 0.180. The first-order chi connectivity index (χ1) is 15.5. The number of carbonyl (C=O) groups excluding carboxylic acids is 2. The van der Waals surface area contributed by atoms with Gasteiger partial charge >= 0.3 is 6.09 Å². The molecule has 3 heterocycles. The number of carbonyl (C=O) groups is 2. The van der Waals surface area contributed by atoms with E-state index in [1.54, 1.807) is 0 Å². The second kappa shape index (κ2) is 8.82. The quantitative estimate of drug-likeness (QED) is 0.724. The molecule has 3 aliphatic heterocycles. The summed E-state index contributed by atoms with van der Waals surface area (Å²) in [4.78, 5) is 27.4. The van der Waals surface area contributed by atoms with E-state index in [-0.39, 0.29) is 35.6 Å². The maximum absolute atomic E-state index is 13.3. The Bertz CT molecular complexity index is 893. The zero-order chi connectivity index (χ0) is 24.0. The van der Waals surface area contributed by atoms with E-state index in [4.69, 9.17) is 14.2 Å². The number of piperidine rings is 1. The highest BCUT2D eigenvalue weighted by atomic mass is 16.6. The summed E-state index contributed by atoms with van der Waals surface area (Å²) < 4.78 is 18.4. The van der Waals surface area contributed by atoms with E-state index in [1.807, 2.05) is 50.8 Å². The number of fused-ring (bicyclic) bond motifs is 4. The van der Waals surface area contributed by atoms with E-state index in [1.165, 1.54) is 0 Å². The number of amides is 2. The molecular formula is C26H38N2O5. The molecule has 0 radical (unpaired) electrons. The topological polar surface area (TPSA) is 77.1 Å². The molecule has 0 spiro atoms. The average molecular weight is 459 g/mol. The third-order valence-corrected chi connectivity index (χ3v) is 7.11. The van der Waals surface area contributed by atoms with Crippen molar-refractivity contribution in [2.75, 3.05) is 13.1 Å². The molecular weight excluding hydrogens is 420 g/mol. The Morgan fingerprint density at radius 3 is 2.70 bits per heavy atom. The lowest BCUT2D eigenvalue weighted by atomic mass is 9.70. The molecule has 7 nitrogen and oxygen atoms in total. The first kappa shape index (κ1) is 23.9. The largest absolute Gasteiger partial charge is 0.487 e. The Kier molecular flexibility index (Phi) is 6.38. The van der Waals surface area contributed by atoms with Crippen LogP contribution in [0.1, 0.15) is 72.5 Å². The smallest absolute Gasteiger partial charge is 0.408 e. The van der Waals surface area contributed by atoms with Gasteiger partial charge in [0, 0.05) is 30.5 Å². The highest BCUT2D eigenvalue weighted by Gasteiger charge is 2.51. The van der Waals surface area contributed by atoms with Gasteiger partial charge in [-0.2, -0.15) is 0 Å². The van der Waals surface area contributed by atoms with E-state index in [0.29, 0.717) is 19.5 Å². The minimum absolute atomic E-state index is 0.0191. The van der Waals surface area contributed by atoms with Gasteiger partial charge in [0.2, 0.25) is 5.91 Å². The molecule has 2 amide bonds. The van der Waals surface area contributed by atoms with Gasteiger partial charge in [-0.25, -0.2) is 4.79 Å². The Morgan fingerprint density at radius 2 is 2.00 bits per heavy atom. The minimum atomic E-state index is -0.604. The molecule has 1 aromatic rings. The molecule has 4 rings (SSSR count). The summed E-state index contributed by atoms with van der Waals surface area (Å²) in [6.45, 7) is 12.9. The molecule has 0 unspecified atom stereocenters. The van der Waals surface area contributed by atoms with Gasteiger partial charge in [0.25, 0.3) is 0 Å². The molecule has 0 bridgehead atoms. The van der Waals surface area contributed by atoms with Crippen molar-refractivity contribution in [1.29, 1.82) is 0 Å². The summed E-state index contributed by atoms with van der Waals surface area (Å²) in [5, 5.41) is 2.76. The summed E-state index contributed by atoms with van der Waals surface area (Å²) in [6, 6.07) is 7.58. The van der Waals surface area contributed by atoms with Crippen LogP contribution in [0.25, 0.3) is 0 Å². The Labute approximate surface area is 197 Å². The van der Waals surface area contributed by atoms with Crippen LogP contribution in [0.5, 0.6) is 5.75 Å². The molecule has 7 heteroatoms. The SMILES string of the molecule is CC[C@@H](NC(=O)OC(C)(C)C)C(=O)N1CC[C@H]2O[C@H]3c4ccccc4OC(C)(C)[C@@H]3C[C@H]2C1. The summed E-state index contributed by atoms with van der Waals surface area (Å²) >= 11 is 0. The number of hydrogen-bond acceptors (Lipinski definition) is 5. The third-order valence-electron chi connectivity index (χ3n) is 7.11. The number of hydrogen-bond donors (Lipinski definition) is 1. The molecule has 182 valence electrons. The lowest BCUT2D eigenvalue weighted by molar-refractivity contribution is -0.189. The maximum Gasteiger partial charge on any atom is 0.408 e. The summed E-state index contributed by atoms with van der Waals surface area (Å²) in [7, 11) is 0. The van der Waals surface area contributed by atoms with E-state index in [2.05, 4.69) is 25.2 Å². The summed E-state index contributed by atoms with van der Waals surface area (Å²) in [6.07, 6.45) is 1.84.